The molecule has 1 aromatic rings. The van der Waals surface area contributed by atoms with Gasteiger partial charge in [0.05, 0.1) is 12.8 Å². The number of aromatic hydroxyl groups is 1. The van der Waals surface area contributed by atoms with E-state index in [1.807, 2.05) is 0 Å². The minimum absolute atomic E-state index is 0.190. The number of benzene rings is 1. The van der Waals surface area contributed by atoms with Crippen LogP contribution in [0.15, 0.2) is 29.4 Å². The lowest BCUT2D eigenvalue weighted by molar-refractivity contribution is -0.143. The highest BCUT2D eigenvalue weighted by Crippen LogP contribution is 2.16. The van der Waals surface area contributed by atoms with E-state index in [1.54, 1.807) is 31.2 Å². The smallest absolute Gasteiger partial charge is 0.314 e. The number of phenols is 1. The van der Waals surface area contributed by atoms with E-state index in [2.05, 4.69) is 9.99 Å². The van der Waals surface area contributed by atoms with Crippen molar-refractivity contribution in [1.29, 1.82) is 0 Å². The van der Waals surface area contributed by atoms with Crippen molar-refractivity contribution >= 4 is 11.7 Å². The van der Waals surface area contributed by atoms with Crippen LogP contribution in [-0.4, -0.2) is 31.0 Å². The second-order valence-corrected chi connectivity index (χ2v) is 3.86. The number of carbonyl (C=O) groups excluding carboxylic acids is 1. The Hall–Kier alpha value is -2.04. The van der Waals surface area contributed by atoms with Crippen molar-refractivity contribution in [1.82, 2.24) is 0 Å². The number of rotatable bonds is 5. The highest BCUT2D eigenvalue weighted by atomic mass is 16.6. The predicted molar refractivity (Wildman–Crippen MR) is 67.4 cm³/mol. The summed E-state index contributed by atoms with van der Waals surface area (Å²) in [6.07, 6.45) is 0.450. The average molecular weight is 251 g/mol. The van der Waals surface area contributed by atoms with Crippen molar-refractivity contribution < 1.29 is 19.5 Å². The van der Waals surface area contributed by atoms with Gasteiger partial charge in [0.1, 0.15) is 18.8 Å². The molecule has 0 spiro atoms. The standard InChI is InChI=1S/C13H17NO4/c1-9(14-18-3)12(13(16)17-2)8-10-4-6-11(15)7-5-10/h4-7,12,15H,8H2,1-3H3. The van der Waals surface area contributed by atoms with Gasteiger partial charge in [-0.1, -0.05) is 17.3 Å². The predicted octanol–water partition coefficient (Wildman–Crippen LogP) is 1.75. The van der Waals surface area contributed by atoms with Crippen LogP contribution in [0.3, 0.4) is 0 Å². The molecule has 0 saturated carbocycles. The Morgan fingerprint density at radius 2 is 1.94 bits per heavy atom. The Morgan fingerprint density at radius 3 is 2.44 bits per heavy atom. The Kier molecular flexibility index (Phi) is 5.17. The molecule has 0 amide bonds. The van der Waals surface area contributed by atoms with Crippen LogP contribution in [0.5, 0.6) is 5.75 Å². The third kappa shape index (κ3) is 3.76. The quantitative estimate of drug-likeness (QED) is 0.492. The molecule has 0 saturated heterocycles. The number of phenolic OH excluding ortho intramolecular Hbond substituents is 1. The van der Waals surface area contributed by atoms with E-state index >= 15 is 0 Å². The first kappa shape index (κ1) is 14.0. The number of hydrogen-bond donors (Lipinski definition) is 1. The zero-order valence-corrected chi connectivity index (χ0v) is 10.7. The molecular weight excluding hydrogens is 234 g/mol. The molecule has 0 fully saturated rings. The molecule has 0 heterocycles. The molecule has 1 aromatic carbocycles. The molecule has 1 rings (SSSR count). The highest BCUT2D eigenvalue weighted by Gasteiger charge is 2.23. The summed E-state index contributed by atoms with van der Waals surface area (Å²) in [7, 11) is 2.77. The van der Waals surface area contributed by atoms with E-state index in [0.29, 0.717) is 12.1 Å². The van der Waals surface area contributed by atoms with Crippen molar-refractivity contribution in [2.24, 2.45) is 11.1 Å². The molecule has 0 aliphatic carbocycles. The van der Waals surface area contributed by atoms with Crippen LogP contribution in [0.25, 0.3) is 0 Å². The molecule has 0 aliphatic rings. The van der Waals surface area contributed by atoms with Crippen molar-refractivity contribution in [3.63, 3.8) is 0 Å². The molecule has 0 radical (unpaired) electrons. The van der Waals surface area contributed by atoms with Gasteiger partial charge in [-0.05, 0) is 31.0 Å². The maximum atomic E-state index is 11.7. The topological polar surface area (TPSA) is 68.1 Å². The van der Waals surface area contributed by atoms with E-state index in [0.717, 1.165) is 5.56 Å². The lowest BCUT2D eigenvalue weighted by Gasteiger charge is -2.14. The van der Waals surface area contributed by atoms with Gasteiger partial charge in [-0.25, -0.2) is 0 Å². The molecule has 1 unspecified atom stereocenters. The van der Waals surface area contributed by atoms with Crippen LogP contribution in [0, 0.1) is 5.92 Å². The molecule has 98 valence electrons. The van der Waals surface area contributed by atoms with Crippen LogP contribution in [-0.2, 0) is 20.8 Å². The van der Waals surface area contributed by atoms with E-state index in [-0.39, 0.29) is 11.7 Å². The summed E-state index contributed by atoms with van der Waals surface area (Å²) in [5.74, 6) is -0.656. The van der Waals surface area contributed by atoms with E-state index in [9.17, 15) is 9.90 Å². The van der Waals surface area contributed by atoms with Gasteiger partial charge >= 0.3 is 5.97 Å². The van der Waals surface area contributed by atoms with E-state index < -0.39 is 5.92 Å². The van der Waals surface area contributed by atoms with Crippen LogP contribution in [0.4, 0.5) is 0 Å². The fourth-order valence-electron chi connectivity index (χ4n) is 1.62. The number of oxime groups is 1. The highest BCUT2D eigenvalue weighted by molar-refractivity contribution is 6.00. The molecule has 18 heavy (non-hydrogen) atoms. The van der Waals surface area contributed by atoms with Gasteiger partial charge in [-0.2, -0.15) is 0 Å². The normalized spacial score (nSPS) is 12.9. The molecule has 0 aliphatic heterocycles. The fraction of sp³-hybridized carbons (Fsp3) is 0.385. The number of esters is 1. The summed E-state index contributed by atoms with van der Waals surface area (Å²) >= 11 is 0. The minimum atomic E-state index is -0.487. The molecule has 0 bridgehead atoms. The van der Waals surface area contributed by atoms with Crippen LogP contribution in [0.2, 0.25) is 0 Å². The first-order valence-electron chi connectivity index (χ1n) is 5.52. The maximum absolute atomic E-state index is 11.7. The van der Waals surface area contributed by atoms with Gasteiger partial charge in [0.15, 0.2) is 0 Å². The van der Waals surface area contributed by atoms with Crippen molar-refractivity contribution in [3.05, 3.63) is 29.8 Å². The van der Waals surface area contributed by atoms with Crippen LogP contribution in [0.1, 0.15) is 12.5 Å². The van der Waals surface area contributed by atoms with Gasteiger partial charge in [-0.15, -0.1) is 0 Å². The lowest BCUT2D eigenvalue weighted by Crippen LogP contribution is -2.25. The first-order valence-corrected chi connectivity index (χ1v) is 5.52. The second kappa shape index (κ2) is 6.64. The van der Waals surface area contributed by atoms with Crippen LogP contribution < -0.4 is 0 Å². The summed E-state index contributed by atoms with van der Waals surface area (Å²) in [6.45, 7) is 1.71. The molecule has 5 heteroatoms. The Balaban J connectivity index is 2.88. The van der Waals surface area contributed by atoms with E-state index in [1.165, 1.54) is 14.2 Å². The van der Waals surface area contributed by atoms with Gasteiger partial charge in [0.2, 0.25) is 0 Å². The summed E-state index contributed by atoms with van der Waals surface area (Å²) in [4.78, 5) is 16.4. The summed E-state index contributed by atoms with van der Waals surface area (Å²) in [5.41, 5.74) is 1.46. The Morgan fingerprint density at radius 1 is 1.33 bits per heavy atom. The number of nitrogens with zero attached hydrogens (tertiary/aromatic N) is 1. The zero-order valence-electron chi connectivity index (χ0n) is 10.7. The Labute approximate surface area is 106 Å². The summed E-state index contributed by atoms with van der Waals surface area (Å²) in [5, 5.41) is 13.0. The fourth-order valence-corrected chi connectivity index (χ4v) is 1.62. The van der Waals surface area contributed by atoms with Gasteiger partial charge in [0.25, 0.3) is 0 Å². The summed E-state index contributed by atoms with van der Waals surface area (Å²) < 4.78 is 4.75. The Bertz CT molecular complexity index is 425. The second-order valence-electron chi connectivity index (χ2n) is 3.86. The number of carbonyl (C=O) groups is 1. The molecule has 0 aromatic heterocycles. The number of hydrogen-bond acceptors (Lipinski definition) is 5. The SMILES string of the molecule is CON=C(C)C(Cc1ccc(O)cc1)C(=O)OC. The third-order valence-electron chi connectivity index (χ3n) is 2.60. The third-order valence-corrected chi connectivity index (χ3v) is 2.60. The van der Waals surface area contributed by atoms with E-state index in [4.69, 9.17) is 4.74 Å². The molecular formula is C13H17NO4. The van der Waals surface area contributed by atoms with Gasteiger partial charge in [0, 0.05) is 0 Å². The molecule has 1 N–H and O–H groups in total. The molecule has 5 nitrogen and oxygen atoms in total. The van der Waals surface area contributed by atoms with Crippen molar-refractivity contribution in [3.8, 4) is 5.75 Å². The van der Waals surface area contributed by atoms with Gasteiger partial charge < -0.3 is 14.7 Å². The van der Waals surface area contributed by atoms with Gasteiger partial charge in [-0.3, -0.25) is 4.79 Å². The minimum Gasteiger partial charge on any atom is -0.508 e. The monoisotopic (exact) mass is 251 g/mol. The lowest BCUT2D eigenvalue weighted by atomic mass is 9.95. The summed E-state index contributed by atoms with van der Waals surface area (Å²) in [6, 6.07) is 6.66. The number of methoxy groups -OCH3 is 1. The van der Waals surface area contributed by atoms with Crippen molar-refractivity contribution in [2.75, 3.05) is 14.2 Å². The first-order chi connectivity index (χ1) is 8.58. The molecule has 1 atom stereocenters. The maximum Gasteiger partial charge on any atom is 0.314 e. The number of ether oxygens (including phenoxy) is 1. The zero-order chi connectivity index (χ0) is 13.5. The largest absolute Gasteiger partial charge is 0.508 e. The average Bonchev–Trinajstić information content (AvgIpc) is 2.37. The van der Waals surface area contributed by atoms with Crippen LogP contribution >= 0.6 is 0 Å². The van der Waals surface area contributed by atoms with Crippen molar-refractivity contribution in [2.45, 2.75) is 13.3 Å².